The predicted octanol–water partition coefficient (Wildman–Crippen LogP) is 2.71. The van der Waals surface area contributed by atoms with Gasteiger partial charge >= 0.3 is 0 Å². The van der Waals surface area contributed by atoms with Crippen molar-refractivity contribution in [3.63, 3.8) is 0 Å². The van der Waals surface area contributed by atoms with E-state index in [4.69, 9.17) is 34.7 Å². The summed E-state index contributed by atoms with van der Waals surface area (Å²) in [5.41, 5.74) is 14.2. The molecule has 5 N–H and O–H groups in total. The SMILES string of the molecule is Nc1ncnc2c1ncn2Cc1c(Br)c(Cl)cc(Cl)c1N1CCC(N)(C(=O)NC2CC2)C1. The van der Waals surface area contributed by atoms with Gasteiger partial charge in [-0.05, 0) is 41.3 Å². The lowest BCUT2D eigenvalue weighted by atomic mass is 9.99. The molecule has 3 heterocycles. The number of halogens is 3. The van der Waals surface area contributed by atoms with Crippen molar-refractivity contribution in [1.82, 2.24) is 24.8 Å². The van der Waals surface area contributed by atoms with Crippen LogP contribution < -0.4 is 21.7 Å². The van der Waals surface area contributed by atoms with Gasteiger partial charge in [-0.15, -0.1) is 0 Å². The highest BCUT2D eigenvalue weighted by molar-refractivity contribution is 9.10. The Bertz CT molecular complexity index is 1230. The van der Waals surface area contributed by atoms with Crippen LogP contribution in [0.5, 0.6) is 0 Å². The minimum absolute atomic E-state index is 0.110. The van der Waals surface area contributed by atoms with Gasteiger partial charge in [0.2, 0.25) is 5.91 Å². The molecule has 3 aromatic rings. The Labute approximate surface area is 202 Å². The summed E-state index contributed by atoms with van der Waals surface area (Å²) in [5, 5.41) is 4.00. The van der Waals surface area contributed by atoms with E-state index >= 15 is 0 Å². The number of carbonyl (C=O) groups excluding carboxylic acids is 1. The topological polar surface area (TPSA) is 128 Å². The average molecular weight is 540 g/mol. The van der Waals surface area contributed by atoms with Crippen LogP contribution in [-0.2, 0) is 11.3 Å². The van der Waals surface area contributed by atoms with Crippen LogP contribution in [0.2, 0.25) is 10.0 Å². The Morgan fingerprint density at radius 3 is 2.81 bits per heavy atom. The number of carbonyl (C=O) groups is 1. The first-order valence-electron chi connectivity index (χ1n) is 10.2. The molecular formula is C20H21BrCl2N8O. The Balaban J connectivity index is 1.51. The van der Waals surface area contributed by atoms with Crippen molar-refractivity contribution < 1.29 is 4.79 Å². The second-order valence-corrected chi connectivity index (χ2v) is 9.97. The van der Waals surface area contributed by atoms with Crippen LogP contribution in [0.3, 0.4) is 0 Å². The van der Waals surface area contributed by atoms with E-state index in [-0.39, 0.29) is 11.9 Å². The van der Waals surface area contributed by atoms with Crippen LogP contribution in [0.15, 0.2) is 23.2 Å². The molecule has 0 radical (unpaired) electrons. The van der Waals surface area contributed by atoms with Gasteiger partial charge in [-0.25, -0.2) is 15.0 Å². The number of amides is 1. The van der Waals surface area contributed by atoms with Crippen LogP contribution in [0, 0.1) is 0 Å². The van der Waals surface area contributed by atoms with Crippen molar-refractivity contribution in [1.29, 1.82) is 0 Å². The van der Waals surface area contributed by atoms with E-state index in [9.17, 15) is 4.79 Å². The minimum atomic E-state index is -0.974. The summed E-state index contributed by atoms with van der Waals surface area (Å²) in [6, 6.07) is 1.95. The largest absolute Gasteiger partial charge is 0.382 e. The first-order valence-corrected chi connectivity index (χ1v) is 11.7. The molecule has 2 aromatic heterocycles. The van der Waals surface area contributed by atoms with Gasteiger partial charge in [0, 0.05) is 29.2 Å². The van der Waals surface area contributed by atoms with Gasteiger partial charge in [-0.1, -0.05) is 23.2 Å². The van der Waals surface area contributed by atoms with Crippen molar-refractivity contribution in [2.75, 3.05) is 23.7 Å². The Hall–Kier alpha value is -2.14. The summed E-state index contributed by atoms with van der Waals surface area (Å²) in [6.45, 7) is 1.33. The summed E-state index contributed by atoms with van der Waals surface area (Å²) in [7, 11) is 0. The van der Waals surface area contributed by atoms with Gasteiger partial charge in [0.1, 0.15) is 17.4 Å². The zero-order valence-electron chi connectivity index (χ0n) is 17.0. The molecule has 1 aliphatic heterocycles. The van der Waals surface area contributed by atoms with Crippen molar-refractivity contribution in [2.45, 2.75) is 37.4 Å². The van der Waals surface area contributed by atoms with E-state index in [0.717, 1.165) is 24.1 Å². The fourth-order valence-electron chi connectivity index (χ4n) is 4.07. The molecule has 1 aliphatic carbocycles. The summed E-state index contributed by atoms with van der Waals surface area (Å²) in [4.78, 5) is 27.5. The molecule has 2 aliphatic rings. The first-order chi connectivity index (χ1) is 15.3. The van der Waals surface area contributed by atoms with Crippen molar-refractivity contribution >= 4 is 67.7 Å². The number of nitrogens with two attached hydrogens (primary N) is 2. The molecule has 12 heteroatoms. The van der Waals surface area contributed by atoms with Crippen molar-refractivity contribution in [2.24, 2.45) is 5.73 Å². The third kappa shape index (κ3) is 3.79. The number of anilines is 2. The molecule has 0 bridgehead atoms. The van der Waals surface area contributed by atoms with Gasteiger partial charge in [0.25, 0.3) is 0 Å². The molecule has 1 unspecified atom stereocenters. The predicted molar refractivity (Wildman–Crippen MR) is 128 cm³/mol. The van der Waals surface area contributed by atoms with Crippen LogP contribution >= 0.6 is 39.1 Å². The van der Waals surface area contributed by atoms with E-state index in [1.165, 1.54) is 6.33 Å². The number of benzene rings is 1. The first kappa shape index (κ1) is 21.7. The lowest BCUT2D eigenvalue weighted by molar-refractivity contribution is -0.125. The van der Waals surface area contributed by atoms with Crippen LogP contribution in [0.25, 0.3) is 11.2 Å². The van der Waals surface area contributed by atoms with Crippen LogP contribution in [-0.4, -0.2) is 50.1 Å². The van der Waals surface area contributed by atoms with Crippen molar-refractivity contribution in [3.8, 4) is 0 Å². The highest BCUT2D eigenvalue weighted by Gasteiger charge is 2.44. The van der Waals surface area contributed by atoms with Gasteiger partial charge in [0.05, 0.1) is 28.6 Å². The lowest BCUT2D eigenvalue weighted by Gasteiger charge is -2.28. The molecule has 168 valence electrons. The highest BCUT2D eigenvalue weighted by atomic mass is 79.9. The number of aromatic nitrogens is 4. The monoisotopic (exact) mass is 538 g/mol. The number of nitrogen functional groups attached to an aromatic ring is 1. The molecule has 1 aromatic carbocycles. The Kier molecular flexibility index (Phi) is 5.43. The third-order valence-corrected chi connectivity index (χ3v) is 7.70. The normalized spacial score (nSPS) is 20.8. The molecule has 1 saturated heterocycles. The summed E-state index contributed by atoms with van der Waals surface area (Å²) >= 11 is 16.7. The molecule has 1 atom stereocenters. The maximum Gasteiger partial charge on any atom is 0.242 e. The van der Waals surface area contributed by atoms with E-state index < -0.39 is 5.54 Å². The van der Waals surface area contributed by atoms with E-state index in [1.54, 1.807) is 12.4 Å². The smallest absolute Gasteiger partial charge is 0.242 e. The van der Waals surface area contributed by atoms with E-state index in [2.05, 4.69) is 36.2 Å². The second kappa shape index (κ2) is 8.02. The highest BCUT2D eigenvalue weighted by Crippen LogP contribution is 2.42. The lowest BCUT2D eigenvalue weighted by Crippen LogP contribution is -2.56. The molecule has 5 rings (SSSR count). The number of fused-ring (bicyclic) bond motifs is 1. The maximum atomic E-state index is 12.8. The molecule has 1 amide bonds. The summed E-state index contributed by atoms with van der Waals surface area (Å²) in [6.07, 6.45) is 5.61. The number of nitrogens with zero attached hydrogens (tertiary/aromatic N) is 5. The number of hydrogen-bond acceptors (Lipinski definition) is 7. The van der Waals surface area contributed by atoms with Gasteiger partial charge in [0.15, 0.2) is 11.5 Å². The van der Waals surface area contributed by atoms with E-state index in [0.29, 0.717) is 57.6 Å². The fourth-order valence-corrected chi connectivity index (χ4v) is 5.12. The average Bonchev–Trinajstić information content (AvgIpc) is 3.33. The zero-order chi connectivity index (χ0) is 22.6. The second-order valence-electron chi connectivity index (χ2n) is 8.36. The van der Waals surface area contributed by atoms with Crippen LogP contribution in [0.4, 0.5) is 11.5 Å². The zero-order valence-corrected chi connectivity index (χ0v) is 20.1. The minimum Gasteiger partial charge on any atom is -0.382 e. The molecule has 9 nitrogen and oxygen atoms in total. The molecule has 1 saturated carbocycles. The van der Waals surface area contributed by atoms with Crippen molar-refractivity contribution in [3.05, 3.63) is 38.8 Å². The summed E-state index contributed by atoms with van der Waals surface area (Å²) in [5.74, 6) is 0.201. The van der Waals surface area contributed by atoms with Crippen LogP contribution in [0.1, 0.15) is 24.8 Å². The summed E-state index contributed by atoms with van der Waals surface area (Å²) < 4.78 is 2.56. The number of rotatable bonds is 5. The fraction of sp³-hybridized carbons (Fsp3) is 0.400. The quantitative estimate of drug-likeness (QED) is 0.425. The Morgan fingerprint density at radius 1 is 1.28 bits per heavy atom. The molecule has 32 heavy (non-hydrogen) atoms. The number of hydrogen-bond donors (Lipinski definition) is 3. The molecular weight excluding hydrogens is 519 g/mol. The number of nitrogens with one attached hydrogen (secondary N) is 1. The number of imidazole rings is 1. The van der Waals surface area contributed by atoms with Gasteiger partial charge in [-0.2, -0.15) is 0 Å². The third-order valence-electron chi connectivity index (χ3n) is 5.98. The maximum absolute atomic E-state index is 12.8. The van der Waals surface area contributed by atoms with E-state index in [1.807, 2.05) is 9.47 Å². The standard InChI is InChI=1S/C20H21BrCl2N8O/c21-14-11(6-31-9-28-15-17(24)26-8-27-18(15)31)16(13(23)5-12(14)22)30-4-3-20(25,7-30)19(32)29-10-1-2-10/h5,8-10H,1-4,6-7,25H2,(H,29,32)(H2,24,26,27). The van der Waals surface area contributed by atoms with Gasteiger partial charge < -0.3 is 26.3 Å². The molecule has 2 fully saturated rings. The van der Waals surface area contributed by atoms with Gasteiger partial charge in [-0.3, -0.25) is 4.79 Å². The molecule has 0 spiro atoms. The Morgan fingerprint density at radius 2 is 2.06 bits per heavy atom.